The summed E-state index contributed by atoms with van der Waals surface area (Å²) in [5.74, 6) is 0.194. The fraction of sp³-hybridized carbons (Fsp3) is 0.650. The molecule has 0 saturated carbocycles. The van der Waals surface area contributed by atoms with E-state index in [1.807, 2.05) is 55.4 Å². The largest absolute Gasteiger partial charge is 0.508 e. The van der Waals surface area contributed by atoms with Crippen molar-refractivity contribution in [2.75, 3.05) is 0 Å². The van der Waals surface area contributed by atoms with Crippen molar-refractivity contribution < 1.29 is 19.7 Å². The first-order valence-electron chi connectivity index (χ1n) is 9.15. The lowest BCUT2D eigenvalue weighted by molar-refractivity contribution is 0.0853. The minimum Gasteiger partial charge on any atom is -0.508 e. The van der Waals surface area contributed by atoms with Crippen molar-refractivity contribution in [2.24, 2.45) is 0 Å². The maximum Gasteiger partial charge on any atom is 0.506 e. The summed E-state index contributed by atoms with van der Waals surface area (Å²) >= 11 is 0. The molecule has 0 aliphatic rings. The van der Waals surface area contributed by atoms with Crippen molar-refractivity contribution in [3.63, 3.8) is 0 Å². The molecule has 0 bridgehead atoms. The Morgan fingerprint density at radius 2 is 1.33 bits per heavy atom. The van der Waals surface area contributed by atoms with Gasteiger partial charge in [-0.25, -0.2) is 4.79 Å². The molecule has 0 saturated heterocycles. The highest BCUT2D eigenvalue weighted by atomic mass is 16.7. The molecule has 0 heterocycles. The summed E-state index contributed by atoms with van der Waals surface area (Å²) in [5, 5.41) is 17.4. The summed E-state index contributed by atoms with van der Waals surface area (Å²) in [6.45, 7) is 22.0. The maximum atomic E-state index is 10.1. The summed E-state index contributed by atoms with van der Waals surface area (Å²) in [6, 6.07) is 4.80. The molecule has 0 spiro atoms. The van der Waals surface area contributed by atoms with E-state index in [0.717, 1.165) is 5.56 Å². The van der Waals surface area contributed by atoms with Gasteiger partial charge in [-0.2, -0.15) is 0 Å². The predicted molar refractivity (Wildman–Crippen MR) is 107 cm³/mol. The van der Waals surface area contributed by atoms with E-state index < -0.39 is 6.16 Å². The molecule has 0 fully saturated rings. The van der Waals surface area contributed by atoms with E-state index in [1.165, 1.54) is 12.5 Å². The number of hydrogen-bond acceptors (Lipinski definition) is 3. The van der Waals surface area contributed by atoms with Crippen LogP contribution in [0.4, 0.5) is 4.79 Å². The zero-order valence-corrected chi connectivity index (χ0v) is 17.9. The van der Waals surface area contributed by atoms with Gasteiger partial charge in [0.2, 0.25) is 0 Å². The van der Waals surface area contributed by atoms with Gasteiger partial charge in [-0.3, -0.25) is 0 Å². The molecule has 0 aromatic heterocycles. The van der Waals surface area contributed by atoms with Crippen LogP contribution in [0.3, 0.4) is 0 Å². The maximum absolute atomic E-state index is 10.1. The van der Waals surface area contributed by atoms with Crippen molar-refractivity contribution in [2.45, 2.75) is 89.2 Å². The van der Waals surface area contributed by atoms with Crippen molar-refractivity contribution in [1.82, 2.24) is 0 Å². The van der Waals surface area contributed by atoms with E-state index in [1.54, 1.807) is 19.1 Å². The van der Waals surface area contributed by atoms with E-state index in [4.69, 9.17) is 10.2 Å². The van der Waals surface area contributed by atoms with Crippen LogP contribution < -0.4 is 0 Å². The Labute approximate surface area is 150 Å². The normalized spacial score (nSPS) is 6.96. The summed E-state index contributed by atoms with van der Waals surface area (Å²) in [7, 11) is 0. The van der Waals surface area contributed by atoms with Gasteiger partial charge in [-0.15, -0.1) is 0 Å². The first-order chi connectivity index (χ1) is 11.5. The number of phenols is 1. The second-order valence-corrected chi connectivity index (χ2v) is 3.38. The van der Waals surface area contributed by atoms with Gasteiger partial charge in [0.15, 0.2) is 0 Å². The molecule has 4 heteroatoms. The highest BCUT2D eigenvalue weighted by Gasteiger charge is 2.00. The van der Waals surface area contributed by atoms with Gasteiger partial charge in [-0.05, 0) is 30.2 Å². The monoisotopic (exact) mass is 346 g/mol. The second kappa shape index (κ2) is 33.0. The van der Waals surface area contributed by atoms with Crippen molar-refractivity contribution in [1.29, 1.82) is 0 Å². The average Bonchev–Trinajstić information content (AvgIpc) is 2.63. The number of carboxylic acid groups (broad SMARTS) is 1. The Morgan fingerprint density at radius 3 is 1.62 bits per heavy atom. The van der Waals surface area contributed by atoms with Crippen molar-refractivity contribution in [3.8, 4) is 5.75 Å². The standard InChI is InChI=1S/C9H10O4.C3H8.4C2H6/c1-6-4-7(2-3-8(6)10)5-13-9(11)12;1-3-2;4*1-2/h2-4,10H,5H2,1H3,(H,11,12);3H2,1-2H3;4*1-2H3. The number of aromatic hydroxyl groups is 1. The summed E-state index contributed by atoms with van der Waals surface area (Å²) < 4.78 is 4.36. The van der Waals surface area contributed by atoms with Crippen LogP contribution in [0, 0.1) is 6.92 Å². The minimum absolute atomic E-state index is 0.0104. The third-order valence-electron chi connectivity index (χ3n) is 1.62. The Hall–Kier alpha value is -1.71. The lowest BCUT2D eigenvalue weighted by atomic mass is 10.1. The van der Waals surface area contributed by atoms with Gasteiger partial charge >= 0.3 is 6.16 Å². The number of benzene rings is 1. The molecule has 0 unspecified atom stereocenters. The molecule has 0 atom stereocenters. The summed E-state index contributed by atoms with van der Waals surface area (Å²) in [6.07, 6.45) is -0.0503. The van der Waals surface area contributed by atoms with Crippen LogP contribution in [0.2, 0.25) is 0 Å². The van der Waals surface area contributed by atoms with Crippen LogP contribution >= 0.6 is 0 Å². The summed E-state index contributed by atoms with van der Waals surface area (Å²) in [5.41, 5.74) is 1.42. The number of aryl methyl sites for hydroxylation is 1. The molecule has 0 amide bonds. The van der Waals surface area contributed by atoms with Gasteiger partial charge in [0, 0.05) is 0 Å². The number of phenolic OH excluding ortho intramolecular Hbond substituents is 1. The van der Waals surface area contributed by atoms with Gasteiger partial charge in [0.1, 0.15) is 12.4 Å². The fourth-order valence-electron chi connectivity index (χ4n) is 0.952. The van der Waals surface area contributed by atoms with E-state index in [9.17, 15) is 4.79 Å². The number of rotatable bonds is 2. The molecular weight excluding hydrogens is 304 g/mol. The lowest BCUT2D eigenvalue weighted by Crippen LogP contribution is -2.00. The van der Waals surface area contributed by atoms with Gasteiger partial charge in [0.05, 0.1) is 0 Å². The average molecular weight is 347 g/mol. The Kier molecular flexibility index (Phi) is 46.5. The molecule has 146 valence electrons. The predicted octanol–water partition coefficient (Wildman–Crippen LogP) is 7.42. The number of carbonyl (C=O) groups is 1. The molecule has 0 radical (unpaired) electrons. The van der Waals surface area contributed by atoms with Gasteiger partial charge in [0.25, 0.3) is 0 Å². The molecule has 0 aliphatic carbocycles. The van der Waals surface area contributed by atoms with Gasteiger partial charge in [-0.1, -0.05) is 81.7 Å². The second-order valence-electron chi connectivity index (χ2n) is 3.38. The molecule has 1 aromatic carbocycles. The highest BCUT2D eigenvalue weighted by molar-refractivity contribution is 5.56. The molecule has 1 aromatic rings. The van der Waals surface area contributed by atoms with E-state index in [0.29, 0.717) is 5.56 Å². The number of hydrogen-bond donors (Lipinski definition) is 2. The van der Waals surface area contributed by atoms with Crippen LogP contribution in [0.5, 0.6) is 5.75 Å². The van der Waals surface area contributed by atoms with E-state index in [2.05, 4.69) is 18.6 Å². The Balaban J connectivity index is -0.0000000924. The zero-order chi connectivity index (χ0) is 20.6. The number of ether oxygens (including phenoxy) is 1. The Morgan fingerprint density at radius 1 is 0.958 bits per heavy atom. The molecule has 0 aliphatic heterocycles. The highest BCUT2D eigenvalue weighted by Crippen LogP contribution is 2.17. The Bertz CT molecular complexity index is 336. The fourth-order valence-corrected chi connectivity index (χ4v) is 0.952. The van der Waals surface area contributed by atoms with Gasteiger partial charge < -0.3 is 14.9 Å². The SMILES string of the molecule is CC.CC.CC.CC.CCC.Cc1cc(COC(=O)O)ccc1O. The smallest absolute Gasteiger partial charge is 0.506 e. The topological polar surface area (TPSA) is 66.8 Å². The van der Waals surface area contributed by atoms with Crippen molar-refractivity contribution >= 4 is 6.16 Å². The third-order valence-corrected chi connectivity index (χ3v) is 1.62. The first kappa shape index (κ1) is 33.8. The third kappa shape index (κ3) is 28.5. The van der Waals surface area contributed by atoms with E-state index >= 15 is 0 Å². The minimum atomic E-state index is -1.30. The van der Waals surface area contributed by atoms with Crippen LogP contribution in [-0.4, -0.2) is 16.4 Å². The molecule has 1 rings (SSSR count). The summed E-state index contributed by atoms with van der Waals surface area (Å²) in [4.78, 5) is 10.1. The molecule has 2 N–H and O–H groups in total. The van der Waals surface area contributed by atoms with Crippen LogP contribution in [0.15, 0.2) is 18.2 Å². The van der Waals surface area contributed by atoms with E-state index in [-0.39, 0.29) is 12.4 Å². The van der Waals surface area contributed by atoms with Crippen molar-refractivity contribution in [3.05, 3.63) is 29.3 Å². The van der Waals surface area contributed by atoms with Crippen LogP contribution in [0.25, 0.3) is 0 Å². The zero-order valence-electron chi connectivity index (χ0n) is 17.9. The van der Waals surface area contributed by atoms with Crippen LogP contribution in [0.1, 0.15) is 86.8 Å². The molecule has 4 nitrogen and oxygen atoms in total. The van der Waals surface area contributed by atoms with Crippen LogP contribution in [-0.2, 0) is 11.3 Å². The lowest BCUT2D eigenvalue weighted by Gasteiger charge is -2.03. The quantitative estimate of drug-likeness (QED) is 0.547. The molecular formula is C20H42O4. The molecule has 24 heavy (non-hydrogen) atoms. The first-order valence-corrected chi connectivity index (χ1v) is 9.15.